The smallest absolute Gasteiger partial charge is 0.310 e. The minimum absolute atomic E-state index is 0.0593. The van der Waals surface area contributed by atoms with Crippen LogP contribution in [0.15, 0.2) is 54.6 Å². The molecular formula is C35H44N2O5. The predicted octanol–water partition coefficient (Wildman–Crippen LogP) is 7.64. The van der Waals surface area contributed by atoms with Crippen molar-refractivity contribution in [2.24, 2.45) is 5.41 Å². The first-order valence-electron chi connectivity index (χ1n) is 14.7. The number of aryl methyl sites for hydroxylation is 3. The van der Waals surface area contributed by atoms with E-state index in [0.717, 1.165) is 42.0 Å². The Hall–Kier alpha value is -3.97. The van der Waals surface area contributed by atoms with Gasteiger partial charge in [-0.15, -0.1) is 0 Å². The number of benzene rings is 2. The van der Waals surface area contributed by atoms with Crippen LogP contribution < -0.4 is 10.1 Å². The maximum atomic E-state index is 12.6. The lowest BCUT2D eigenvalue weighted by Crippen LogP contribution is -2.34. The van der Waals surface area contributed by atoms with Crippen molar-refractivity contribution in [2.75, 3.05) is 19.0 Å². The summed E-state index contributed by atoms with van der Waals surface area (Å²) in [4.78, 5) is 29.0. The summed E-state index contributed by atoms with van der Waals surface area (Å²) >= 11 is 0. The Kier molecular flexibility index (Phi) is 12.3. The van der Waals surface area contributed by atoms with Gasteiger partial charge in [0.2, 0.25) is 5.91 Å². The van der Waals surface area contributed by atoms with Gasteiger partial charge in [0.1, 0.15) is 5.75 Å². The molecule has 2 aromatic carbocycles. The predicted molar refractivity (Wildman–Crippen MR) is 169 cm³/mol. The van der Waals surface area contributed by atoms with Crippen molar-refractivity contribution in [1.29, 1.82) is 0 Å². The minimum atomic E-state index is -1.04. The van der Waals surface area contributed by atoms with Gasteiger partial charge in [0.15, 0.2) is 0 Å². The lowest BCUT2D eigenvalue weighted by atomic mass is 9.79. The first-order chi connectivity index (χ1) is 20.2. The van der Waals surface area contributed by atoms with Crippen molar-refractivity contribution in [2.45, 2.75) is 72.8 Å². The van der Waals surface area contributed by atoms with Gasteiger partial charge in [0, 0.05) is 18.7 Å². The highest BCUT2D eigenvalue weighted by molar-refractivity contribution is 5.94. The number of pyridine rings is 1. The molecule has 0 fully saturated rings. The number of unbranched alkanes of at least 4 members (excludes halogenated alkanes) is 1. The molecule has 1 heterocycles. The Balaban J connectivity index is 1.47. The van der Waals surface area contributed by atoms with Crippen molar-refractivity contribution in [3.63, 3.8) is 0 Å². The van der Waals surface area contributed by atoms with Crippen molar-refractivity contribution < 1.29 is 24.2 Å². The number of aliphatic carboxylic acids is 1. The molecule has 7 nitrogen and oxygen atoms in total. The molecule has 0 atom stereocenters. The van der Waals surface area contributed by atoms with E-state index in [9.17, 15) is 14.7 Å². The molecule has 0 aliphatic heterocycles. The molecule has 0 unspecified atom stereocenters. The summed E-state index contributed by atoms with van der Waals surface area (Å²) in [6.45, 7) is 8.91. The maximum Gasteiger partial charge on any atom is 0.310 e. The molecule has 1 aromatic heterocycles. The number of rotatable bonds is 16. The Morgan fingerprint density at radius 1 is 0.976 bits per heavy atom. The van der Waals surface area contributed by atoms with Crippen LogP contribution in [0.3, 0.4) is 0 Å². The quantitative estimate of drug-likeness (QED) is 0.171. The average Bonchev–Trinajstić information content (AvgIpc) is 2.97. The number of nitrogens with one attached hydrogen (secondary N) is 1. The highest BCUT2D eigenvalue weighted by Gasteiger charge is 2.37. The third kappa shape index (κ3) is 9.28. The fourth-order valence-electron chi connectivity index (χ4n) is 5.18. The molecule has 0 aliphatic rings. The SMILES string of the molecule is CCC(CC)(CC(=O)Nc1cccc(/C=C/c2cccc(COCCCCc3cc(C)c(OC)c(C)c3)n2)c1)C(=O)O. The molecule has 1 amide bonds. The lowest BCUT2D eigenvalue weighted by Gasteiger charge is -2.25. The van der Waals surface area contributed by atoms with E-state index in [1.807, 2.05) is 48.6 Å². The zero-order valence-corrected chi connectivity index (χ0v) is 25.5. The molecule has 2 N–H and O–H groups in total. The van der Waals surface area contributed by atoms with Crippen molar-refractivity contribution in [1.82, 2.24) is 4.98 Å². The summed E-state index contributed by atoms with van der Waals surface area (Å²) in [5.74, 6) is -0.273. The summed E-state index contributed by atoms with van der Waals surface area (Å²) in [6, 6.07) is 17.7. The summed E-state index contributed by atoms with van der Waals surface area (Å²) in [5.41, 5.74) is 5.83. The van der Waals surface area contributed by atoms with E-state index in [0.29, 0.717) is 31.7 Å². The zero-order chi connectivity index (χ0) is 30.5. The molecule has 0 spiro atoms. The van der Waals surface area contributed by atoms with Crippen LogP contribution in [0.2, 0.25) is 0 Å². The minimum Gasteiger partial charge on any atom is -0.496 e. The molecule has 3 rings (SSSR count). The number of carbonyl (C=O) groups excluding carboxylic acids is 1. The highest BCUT2D eigenvalue weighted by Crippen LogP contribution is 2.31. The number of hydrogen-bond acceptors (Lipinski definition) is 5. The van der Waals surface area contributed by atoms with Crippen LogP contribution in [0.1, 0.15) is 79.6 Å². The van der Waals surface area contributed by atoms with E-state index < -0.39 is 11.4 Å². The van der Waals surface area contributed by atoms with Gasteiger partial charge in [-0.2, -0.15) is 0 Å². The van der Waals surface area contributed by atoms with Crippen LogP contribution in [-0.2, 0) is 27.4 Å². The van der Waals surface area contributed by atoms with Gasteiger partial charge in [-0.05, 0) is 98.5 Å². The Labute approximate surface area is 250 Å². The van der Waals surface area contributed by atoms with Crippen LogP contribution >= 0.6 is 0 Å². The molecule has 0 radical (unpaired) electrons. The molecule has 0 bridgehead atoms. The average molecular weight is 573 g/mol. The van der Waals surface area contributed by atoms with Crippen LogP contribution in [-0.4, -0.2) is 35.7 Å². The fourth-order valence-corrected chi connectivity index (χ4v) is 5.18. The molecule has 0 saturated carbocycles. The van der Waals surface area contributed by atoms with Crippen molar-refractivity contribution >= 4 is 29.7 Å². The number of anilines is 1. The molecule has 224 valence electrons. The van der Waals surface area contributed by atoms with E-state index in [4.69, 9.17) is 9.47 Å². The fraction of sp³-hybridized carbons (Fsp3) is 0.400. The standard InChI is InChI=1S/C35H44N2O5/c1-6-35(7-2,34(39)40)23-32(38)37-30-15-10-13-27(22-30)17-18-29-14-11-16-31(36-29)24-42-19-9-8-12-28-20-25(3)33(41-5)26(4)21-28/h10-11,13-18,20-22H,6-9,12,19,23-24H2,1-5H3,(H,37,38)(H,39,40)/b18-17+. The number of carbonyl (C=O) groups is 2. The van der Waals surface area contributed by atoms with E-state index in [1.54, 1.807) is 27.0 Å². The maximum absolute atomic E-state index is 12.6. The Morgan fingerprint density at radius 3 is 2.36 bits per heavy atom. The lowest BCUT2D eigenvalue weighted by molar-refractivity contribution is -0.151. The number of amides is 1. The first-order valence-corrected chi connectivity index (χ1v) is 14.7. The molecule has 0 aliphatic carbocycles. The summed E-state index contributed by atoms with van der Waals surface area (Å²) in [5, 5.41) is 12.5. The van der Waals surface area contributed by atoms with Gasteiger partial charge in [-0.25, -0.2) is 0 Å². The van der Waals surface area contributed by atoms with Crippen LogP contribution in [0.5, 0.6) is 5.75 Å². The third-order valence-electron chi connectivity index (χ3n) is 7.73. The molecular weight excluding hydrogens is 528 g/mol. The zero-order valence-electron chi connectivity index (χ0n) is 25.5. The molecule has 0 saturated heterocycles. The number of nitrogens with zero attached hydrogens (tertiary/aromatic N) is 1. The van der Waals surface area contributed by atoms with Gasteiger partial charge < -0.3 is 19.9 Å². The number of aromatic nitrogens is 1. The Bertz CT molecular complexity index is 1350. The second-order valence-corrected chi connectivity index (χ2v) is 10.8. The van der Waals surface area contributed by atoms with Crippen LogP contribution in [0, 0.1) is 19.3 Å². The van der Waals surface area contributed by atoms with Crippen molar-refractivity contribution in [3.8, 4) is 5.75 Å². The number of ether oxygens (including phenoxy) is 2. The molecule has 42 heavy (non-hydrogen) atoms. The molecule has 3 aromatic rings. The Morgan fingerprint density at radius 2 is 1.69 bits per heavy atom. The third-order valence-corrected chi connectivity index (χ3v) is 7.73. The van der Waals surface area contributed by atoms with E-state index in [1.165, 1.54) is 16.7 Å². The van der Waals surface area contributed by atoms with E-state index >= 15 is 0 Å². The number of carboxylic acids is 1. The second kappa shape index (κ2) is 15.9. The number of hydrogen-bond donors (Lipinski definition) is 2. The molecule has 7 heteroatoms. The summed E-state index contributed by atoms with van der Waals surface area (Å²) in [6.07, 6.45) is 7.64. The summed E-state index contributed by atoms with van der Waals surface area (Å²) in [7, 11) is 1.71. The van der Waals surface area contributed by atoms with Gasteiger partial charge in [-0.3, -0.25) is 14.6 Å². The van der Waals surface area contributed by atoms with E-state index in [-0.39, 0.29) is 12.3 Å². The number of methoxy groups -OCH3 is 1. The first kappa shape index (κ1) is 32.5. The normalized spacial score (nSPS) is 11.5. The second-order valence-electron chi connectivity index (χ2n) is 10.8. The number of carboxylic acid groups (broad SMARTS) is 1. The summed E-state index contributed by atoms with van der Waals surface area (Å²) < 4.78 is 11.4. The van der Waals surface area contributed by atoms with Gasteiger partial charge in [0.25, 0.3) is 0 Å². The topological polar surface area (TPSA) is 97.8 Å². The van der Waals surface area contributed by atoms with Crippen LogP contribution in [0.25, 0.3) is 12.2 Å². The van der Waals surface area contributed by atoms with Gasteiger partial charge in [0.05, 0.1) is 30.5 Å². The van der Waals surface area contributed by atoms with Gasteiger partial charge >= 0.3 is 5.97 Å². The monoisotopic (exact) mass is 572 g/mol. The highest BCUT2D eigenvalue weighted by atomic mass is 16.5. The van der Waals surface area contributed by atoms with Gasteiger partial charge in [-0.1, -0.05) is 50.3 Å². The largest absolute Gasteiger partial charge is 0.496 e. The van der Waals surface area contributed by atoms with Crippen molar-refractivity contribution in [3.05, 3.63) is 88.2 Å². The van der Waals surface area contributed by atoms with E-state index in [2.05, 4.69) is 36.3 Å². The van der Waals surface area contributed by atoms with Crippen LogP contribution in [0.4, 0.5) is 5.69 Å².